The number of hydrogen-bond donors (Lipinski definition) is 0. The molecule has 0 fully saturated rings. The molecule has 1 aromatic carbocycles. The van der Waals surface area contributed by atoms with E-state index in [1.165, 1.54) is 6.07 Å². The van der Waals surface area contributed by atoms with Gasteiger partial charge in [-0.2, -0.15) is 13.2 Å². The van der Waals surface area contributed by atoms with Crippen molar-refractivity contribution in [1.82, 2.24) is 9.80 Å². The van der Waals surface area contributed by atoms with Crippen LogP contribution in [0.5, 0.6) is 5.75 Å². The standard InChI is InChI=1S/C16H24F3N3O/c1-11(2)23-13-8-7-12(14(9-13)16(17,18)19)10-20-15(21(3)4)22(5)6/h7-9,11H,10H2,1-6H3. The van der Waals surface area contributed by atoms with E-state index in [1.54, 1.807) is 57.9 Å². The molecule has 0 heterocycles. The summed E-state index contributed by atoms with van der Waals surface area (Å²) in [6, 6.07) is 4.01. The van der Waals surface area contributed by atoms with Gasteiger partial charge in [0, 0.05) is 28.2 Å². The van der Waals surface area contributed by atoms with E-state index in [1.807, 2.05) is 0 Å². The molecule has 23 heavy (non-hydrogen) atoms. The lowest BCUT2D eigenvalue weighted by atomic mass is 10.1. The summed E-state index contributed by atoms with van der Waals surface area (Å²) < 4.78 is 45.2. The minimum atomic E-state index is -4.45. The normalized spacial score (nSPS) is 11.4. The first kappa shape index (κ1) is 19.1. The van der Waals surface area contributed by atoms with Gasteiger partial charge in [-0.25, -0.2) is 4.99 Å². The van der Waals surface area contributed by atoms with E-state index in [2.05, 4.69) is 4.99 Å². The number of benzene rings is 1. The van der Waals surface area contributed by atoms with Gasteiger partial charge in [0.15, 0.2) is 5.96 Å². The molecule has 0 aliphatic rings. The van der Waals surface area contributed by atoms with Crippen LogP contribution in [0.2, 0.25) is 0 Å². The summed E-state index contributed by atoms with van der Waals surface area (Å²) in [5, 5.41) is 0. The van der Waals surface area contributed by atoms with Crippen molar-refractivity contribution in [2.75, 3.05) is 28.2 Å². The molecule has 0 radical (unpaired) electrons. The summed E-state index contributed by atoms with van der Waals surface area (Å²) in [5.41, 5.74) is -0.592. The molecule has 7 heteroatoms. The van der Waals surface area contributed by atoms with Gasteiger partial charge in [0.2, 0.25) is 0 Å². The highest BCUT2D eigenvalue weighted by atomic mass is 19.4. The SMILES string of the molecule is CC(C)Oc1ccc(CN=C(N(C)C)N(C)C)c(C(F)(F)F)c1. The second kappa shape index (κ2) is 7.57. The first-order chi connectivity index (χ1) is 10.5. The Hall–Kier alpha value is -1.92. The van der Waals surface area contributed by atoms with Crippen molar-refractivity contribution in [3.05, 3.63) is 29.3 Å². The molecule has 4 nitrogen and oxygen atoms in total. The van der Waals surface area contributed by atoms with Crippen LogP contribution in [0.1, 0.15) is 25.0 Å². The predicted octanol–water partition coefficient (Wildman–Crippen LogP) is 3.47. The van der Waals surface area contributed by atoms with Crippen molar-refractivity contribution in [2.45, 2.75) is 32.7 Å². The van der Waals surface area contributed by atoms with Crippen LogP contribution in [0.25, 0.3) is 0 Å². The van der Waals surface area contributed by atoms with Crippen molar-refractivity contribution >= 4 is 5.96 Å². The van der Waals surface area contributed by atoms with Crippen LogP contribution in [0.4, 0.5) is 13.2 Å². The van der Waals surface area contributed by atoms with Gasteiger partial charge in [-0.3, -0.25) is 0 Å². The molecule has 130 valence electrons. The highest BCUT2D eigenvalue weighted by Gasteiger charge is 2.33. The van der Waals surface area contributed by atoms with Crippen molar-refractivity contribution in [3.8, 4) is 5.75 Å². The largest absolute Gasteiger partial charge is 0.491 e. The van der Waals surface area contributed by atoms with Crippen LogP contribution in [-0.4, -0.2) is 50.1 Å². The molecule has 0 N–H and O–H groups in total. The Labute approximate surface area is 135 Å². The Balaban J connectivity index is 3.18. The third-order valence-electron chi connectivity index (χ3n) is 2.95. The molecule has 0 aliphatic carbocycles. The van der Waals surface area contributed by atoms with Crippen LogP contribution in [0, 0.1) is 0 Å². The number of guanidine groups is 1. The summed E-state index contributed by atoms with van der Waals surface area (Å²) in [6.45, 7) is 3.49. The van der Waals surface area contributed by atoms with E-state index in [-0.39, 0.29) is 24.0 Å². The first-order valence-corrected chi connectivity index (χ1v) is 7.28. The number of hydrogen-bond acceptors (Lipinski definition) is 2. The van der Waals surface area contributed by atoms with Crippen molar-refractivity contribution in [2.24, 2.45) is 4.99 Å². The first-order valence-electron chi connectivity index (χ1n) is 7.28. The van der Waals surface area contributed by atoms with Crippen LogP contribution < -0.4 is 4.74 Å². The zero-order valence-corrected chi connectivity index (χ0v) is 14.4. The van der Waals surface area contributed by atoms with Crippen LogP contribution in [0.15, 0.2) is 23.2 Å². The Kier molecular flexibility index (Phi) is 6.29. The summed E-state index contributed by atoms with van der Waals surface area (Å²) in [4.78, 5) is 7.79. The molecular formula is C16H24F3N3O. The smallest absolute Gasteiger partial charge is 0.416 e. The number of aliphatic imine (C=N–C) groups is 1. The van der Waals surface area contributed by atoms with Gasteiger partial charge >= 0.3 is 6.18 Å². The molecule has 0 aliphatic heterocycles. The maximum Gasteiger partial charge on any atom is 0.416 e. The average molecular weight is 331 g/mol. The van der Waals surface area contributed by atoms with Gasteiger partial charge in [-0.1, -0.05) is 6.07 Å². The van der Waals surface area contributed by atoms with E-state index in [0.717, 1.165) is 6.07 Å². The highest BCUT2D eigenvalue weighted by molar-refractivity contribution is 5.79. The fourth-order valence-electron chi connectivity index (χ4n) is 2.14. The Bertz CT molecular complexity index is 542. The Morgan fingerprint density at radius 3 is 2.13 bits per heavy atom. The summed E-state index contributed by atoms with van der Waals surface area (Å²) in [5.74, 6) is 0.807. The lowest BCUT2D eigenvalue weighted by Crippen LogP contribution is -2.35. The molecule has 0 saturated carbocycles. The second-order valence-electron chi connectivity index (χ2n) is 5.89. The maximum atomic E-state index is 13.3. The van der Waals surface area contributed by atoms with E-state index < -0.39 is 11.7 Å². The van der Waals surface area contributed by atoms with Gasteiger partial charge in [-0.15, -0.1) is 0 Å². The van der Waals surface area contributed by atoms with Crippen LogP contribution >= 0.6 is 0 Å². The third-order valence-corrected chi connectivity index (χ3v) is 2.95. The molecular weight excluding hydrogens is 307 g/mol. The van der Waals surface area contributed by atoms with E-state index in [9.17, 15) is 13.2 Å². The number of halogens is 3. The monoisotopic (exact) mass is 331 g/mol. The topological polar surface area (TPSA) is 28.1 Å². The van der Waals surface area contributed by atoms with E-state index >= 15 is 0 Å². The molecule has 0 aromatic heterocycles. The molecule has 0 bridgehead atoms. The summed E-state index contributed by atoms with van der Waals surface area (Å²) in [6.07, 6.45) is -4.63. The molecule has 0 spiro atoms. The van der Waals surface area contributed by atoms with Gasteiger partial charge < -0.3 is 14.5 Å². The van der Waals surface area contributed by atoms with Gasteiger partial charge in [0.05, 0.1) is 18.2 Å². The Morgan fingerprint density at radius 2 is 1.70 bits per heavy atom. The molecule has 1 rings (SSSR count). The number of ether oxygens (including phenoxy) is 1. The zero-order valence-electron chi connectivity index (χ0n) is 14.4. The molecule has 1 aromatic rings. The fourth-order valence-corrected chi connectivity index (χ4v) is 2.14. The number of alkyl halides is 3. The van der Waals surface area contributed by atoms with Crippen molar-refractivity contribution in [3.63, 3.8) is 0 Å². The minimum absolute atomic E-state index is 0.0531. The average Bonchev–Trinajstić information content (AvgIpc) is 2.37. The predicted molar refractivity (Wildman–Crippen MR) is 85.7 cm³/mol. The van der Waals surface area contributed by atoms with Crippen LogP contribution in [0.3, 0.4) is 0 Å². The molecule has 0 amide bonds. The fraction of sp³-hybridized carbons (Fsp3) is 0.562. The Morgan fingerprint density at radius 1 is 1.13 bits per heavy atom. The summed E-state index contributed by atoms with van der Waals surface area (Å²) in [7, 11) is 7.18. The summed E-state index contributed by atoms with van der Waals surface area (Å²) >= 11 is 0. The van der Waals surface area contributed by atoms with Crippen LogP contribution in [-0.2, 0) is 12.7 Å². The number of rotatable bonds is 4. The molecule has 0 unspecified atom stereocenters. The number of nitrogens with zero attached hydrogens (tertiary/aromatic N) is 3. The van der Waals surface area contributed by atoms with Crippen molar-refractivity contribution < 1.29 is 17.9 Å². The second-order valence-corrected chi connectivity index (χ2v) is 5.89. The van der Waals surface area contributed by atoms with Gasteiger partial charge in [0.1, 0.15) is 5.75 Å². The van der Waals surface area contributed by atoms with Gasteiger partial charge in [0.25, 0.3) is 0 Å². The highest BCUT2D eigenvalue weighted by Crippen LogP contribution is 2.35. The van der Waals surface area contributed by atoms with E-state index in [0.29, 0.717) is 5.96 Å². The maximum absolute atomic E-state index is 13.3. The lowest BCUT2D eigenvalue weighted by Gasteiger charge is -2.23. The lowest BCUT2D eigenvalue weighted by molar-refractivity contribution is -0.138. The zero-order chi connectivity index (χ0) is 17.8. The van der Waals surface area contributed by atoms with E-state index in [4.69, 9.17) is 4.74 Å². The quantitative estimate of drug-likeness (QED) is 0.625. The van der Waals surface area contributed by atoms with Crippen molar-refractivity contribution in [1.29, 1.82) is 0 Å². The third kappa shape index (κ3) is 5.65. The molecule has 0 saturated heterocycles. The minimum Gasteiger partial charge on any atom is -0.491 e. The molecule has 0 atom stereocenters. The van der Waals surface area contributed by atoms with Gasteiger partial charge in [-0.05, 0) is 31.5 Å².